The molecule has 184 valence electrons. The van der Waals surface area contributed by atoms with Crippen molar-refractivity contribution in [3.05, 3.63) is 83.6 Å². The van der Waals surface area contributed by atoms with Gasteiger partial charge in [0.1, 0.15) is 5.75 Å². The molecule has 0 aliphatic rings. The van der Waals surface area contributed by atoms with E-state index in [-0.39, 0.29) is 11.7 Å². The van der Waals surface area contributed by atoms with Gasteiger partial charge in [0.25, 0.3) is 0 Å². The molecule has 0 aliphatic carbocycles. The normalized spacial score (nSPS) is 11.3. The molecule has 36 heavy (non-hydrogen) atoms. The van der Waals surface area contributed by atoms with Gasteiger partial charge in [-0.1, -0.05) is 36.4 Å². The minimum absolute atomic E-state index is 0.0214. The Labute approximate surface area is 209 Å². The number of carbonyl (C=O) groups excluding carboxylic acids is 1. The molecule has 1 heterocycles. The fourth-order valence-electron chi connectivity index (χ4n) is 3.99. The second kappa shape index (κ2) is 10.7. The van der Waals surface area contributed by atoms with Gasteiger partial charge < -0.3 is 29.2 Å². The SMILES string of the molecule is COc1cc(/C=C/c2ccc(O)c(NC(=O)/C=C/c3cn(C)c4ccccc34)c2)cc(OC)c1OC. The molecule has 0 bridgehead atoms. The molecule has 1 amide bonds. The number of para-hydroxylation sites is 1. The number of carbonyl (C=O) groups is 1. The lowest BCUT2D eigenvalue weighted by Gasteiger charge is -2.12. The third-order valence-corrected chi connectivity index (χ3v) is 5.78. The van der Waals surface area contributed by atoms with E-state index in [9.17, 15) is 9.90 Å². The molecular weight excluding hydrogens is 456 g/mol. The summed E-state index contributed by atoms with van der Waals surface area (Å²) in [6, 6.07) is 16.7. The summed E-state index contributed by atoms with van der Waals surface area (Å²) >= 11 is 0. The Hall–Kier alpha value is -4.65. The number of phenols is 1. The molecule has 0 atom stereocenters. The van der Waals surface area contributed by atoms with E-state index in [1.165, 1.54) is 6.08 Å². The minimum atomic E-state index is -0.344. The number of phenolic OH excluding ortho intramolecular Hbond substituents is 1. The molecule has 7 heteroatoms. The lowest BCUT2D eigenvalue weighted by Crippen LogP contribution is -2.08. The highest BCUT2D eigenvalue weighted by Crippen LogP contribution is 2.38. The molecule has 1 aromatic heterocycles. The molecule has 4 aromatic rings. The number of benzene rings is 3. The fraction of sp³-hybridized carbons (Fsp3) is 0.138. The molecule has 0 saturated carbocycles. The van der Waals surface area contributed by atoms with Gasteiger partial charge in [0.2, 0.25) is 11.7 Å². The number of fused-ring (bicyclic) bond motifs is 1. The molecule has 7 nitrogen and oxygen atoms in total. The van der Waals surface area contributed by atoms with E-state index in [1.54, 1.807) is 45.6 Å². The Morgan fingerprint density at radius 1 is 0.889 bits per heavy atom. The van der Waals surface area contributed by atoms with Gasteiger partial charge in [0, 0.05) is 35.8 Å². The Bertz CT molecular complexity index is 1440. The molecule has 0 aliphatic heterocycles. The van der Waals surface area contributed by atoms with Crippen LogP contribution in [-0.4, -0.2) is 36.9 Å². The quantitative estimate of drug-likeness (QED) is 0.190. The summed E-state index contributed by atoms with van der Waals surface area (Å²) in [6.07, 6.45) is 8.94. The second-order valence-electron chi connectivity index (χ2n) is 8.10. The highest BCUT2D eigenvalue weighted by molar-refractivity contribution is 6.04. The zero-order valence-electron chi connectivity index (χ0n) is 20.6. The largest absolute Gasteiger partial charge is 0.506 e. The van der Waals surface area contributed by atoms with Crippen LogP contribution in [0.3, 0.4) is 0 Å². The molecule has 0 spiro atoms. The monoisotopic (exact) mass is 484 g/mol. The van der Waals surface area contributed by atoms with Crippen LogP contribution in [0, 0.1) is 0 Å². The van der Waals surface area contributed by atoms with E-state index < -0.39 is 0 Å². The number of aromatic hydroxyl groups is 1. The van der Waals surface area contributed by atoms with Crippen molar-refractivity contribution in [1.82, 2.24) is 4.57 Å². The van der Waals surface area contributed by atoms with E-state index in [2.05, 4.69) is 5.32 Å². The lowest BCUT2D eigenvalue weighted by atomic mass is 10.1. The van der Waals surface area contributed by atoms with Crippen LogP contribution in [-0.2, 0) is 11.8 Å². The van der Waals surface area contributed by atoms with E-state index in [0.29, 0.717) is 22.9 Å². The Morgan fingerprint density at radius 2 is 1.58 bits per heavy atom. The maximum Gasteiger partial charge on any atom is 0.248 e. The first-order chi connectivity index (χ1) is 17.4. The van der Waals surface area contributed by atoms with Gasteiger partial charge in [0.05, 0.1) is 27.0 Å². The van der Waals surface area contributed by atoms with Crippen molar-refractivity contribution in [2.45, 2.75) is 0 Å². The van der Waals surface area contributed by atoms with Crippen molar-refractivity contribution in [3.8, 4) is 23.0 Å². The van der Waals surface area contributed by atoms with E-state index >= 15 is 0 Å². The highest BCUT2D eigenvalue weighted by Gasteiger charge is 2.12. The average Bonchev–Trinajstić information content (AvgIpc) is 3.22. The third-order valence-electron chi connectivity index (χ3n) is 5.78. The first kappa shape index (κ1) is 24.5. The summed E-state index contributed by atoms with van der Waals surface area (Å²) in [6.45, 7) is 0. The number of hydrogen-bond donors (Lipinski definition) is 2. The molecular formula is C29H28N2O5. The van der Waals surface area contributed by atoms with Crippen LogP contribution in [0.4, 0.5) is 5.69 Å². The predicted octanol–water partition coefficient (Wildman–Crippen LogP) is 5.73. The number of aryl methyl sites for hydroxylation is 1. The first-order valence-corrected chi connectivity index (χ1v) is 11.3. The smallest absolute Gasteiger partial charge is 0.248 e. The molecule has 0 saturated heterocycles. The van der Waals surface area contributed by atoms with Crippen LogP contribution < -0.4 is 19.5 Å². The van der Waals surface area contributed by atoms with Crippen LogP contribution >= 0.6 is 0 Å². The summed E-state index contributed by atoms with van der Waals surface area (Å²) in [7, 11) is 6.65. The number of nitrogens with one attached hydrogen (secondary N) is 1. The van der Waals surface area contributed by atoms with Crippen molar-refractivity contribution in [3.63, 3.8) is 0 Å². The standard InChI is InChI=1S/C29H28N2O5/c1-31-18-21(22-7-5-6-8-24(22)31)12-14-28(33)30-23-15-19(11-13-25(23)32)9-10-20-16-26(34-2)29(36-4)27(17-20)35-3/h5-18,32H,1-4H3,(H,30,33)/b10-9+,14-12+. The zero-order valence-corrected chi connectivity index (χ0v) is 20.6. The zero-order chi connectivity index (χ0) is 25.7. The number of aromatic nitrogens is 1. The molecule has 0 radical (unpaired) electrons. The molecule has 0 fully saturated rings. The van der Waals surface area contributed by atoms with Crippen LogP contribution in [0.1, 0.15) is 16.7 Å². The summed E-state index contributed by atoms with van der Waals surface area (Å²) in [5.74, 6) is 1.25. The van der Waals surface area contributed by atoms with Crippen molar-refractivity contribution in [2.75, 3.05) is 26.6 Å². The van der Waals surface area contributed by atoms with Gasteiger partial charge in [-0.3, -0.25) is 4.79 Å². The first-order valence-electron chi connectivity index (χ1n) is 11.3. The third kappa shape index (κ3) is 5.20. The number of methoxy groups -OCH3 is 3. The van der Waals surface area contributed by atoms with Crippen molar-refractivity contribution >= 4 is 40.7 Å². The molecule has 0 unspecified atom stereocenters. The topological polar surface area (TPSA) is 82.0 Å². The minimum Gasteiger partial charge on any atom is -0.506 e. The van der Waals surface area contributed by atoms with Crippen LogP contribution in [0.5, 0.6) is 23.0 Å². The number of anilines is 1. The average molecular weight is 485 g/mol. The Balaban J connectivity index is 1.52. The van der Waals surface area contributed by atoms with Crippen molar-refractivity contribution in [2.24, 2.45) is 7.05 Å². The maximum absolute atomic E-state index is 12.6. The van der Waals surface area contributed by atoms with Gasteiger partial charge in [0.15, 0.2) is 11.5 Å². The van der Waals surface area contributed by atoms with Crippen molar-refractivity contribution in [1.29, 1.82) is 0 Å². The summed E-state index contributed by atoms with van der Waals surface area (Å²) in [4.78, 5) is 12.6. The molecule has 3 aromatic carbocycles. The predicted molar refractivity (Wildman–Crippen MR) is 144 cm³/mol. The molecule has 2 N–H and O–H groups in total. The number of rotatable bonds is 8. The number of amides is 1. The fourth-order valence-corrected chi connectivity index (χ4v) is 3.99. The Morgan fingerprint density at radius 3 is 2.28 bits per heavy atom. The number of nitrogens with zero attached hydrogens (tertiary/aromatic N) is 1. The number of hydrogen-bond acceptors (Lipinski definition) is 5. The summed E-state index contributed by atoms with van der Waals surface area (Å²) in [5.41, 5.74) is 3.96. The van der Waals surface area contributed by atoms with Crippen LogP contribution in [0.2, 0.25) is 0 Å². The van der Waals surface area contributed by atoms with E-state index in [1.807, 2.05) is 66.4 Å². The summed E-state index contributed by atoms with van der Waals surface area (Å²) < 4.78 is 18.2. The van der Waals surface area contributed by atoms with Crippen LogP contribution in [0.15, 0.2) is 66.9 Å². The van der Waals surface area contributed by atoms with E-state index in [0.717, 1.165) is 27.6 Å². The van der Waals surface area contributed by atoms with Gasteiger partial charge in [-0.05, 0) is 47.5 Å². The van der Waals surface area contributed by atoms with Crippen molar-refractivity contribution < 1.29 is 24.1 Å². The second-order valence-corrected chi connectivity index (χ2v) is 8.10. The maximum atomic E-state index is 12.6. The van der Waals surface area contributed by atoms with Gasteiger partial charge in [-0.15, -0.1) is 0 Å². The van der Waals surface area contributed by atoms with E-state index in [4.69, 9.17) is 14.2 Å². The van der Waals surface area contributed by atoms with Crippen LogP contribution in [0.25, 0.3) is 29.1 Å². The number of ether oxygens (including phenoxy) is 3. The van der Waals surface area contributed by atoms with Gasteiger partial charge >= 0.3 is 0 Å². The lowest BCUT2D eigenvalue weighted by molar-refractivity contribution is -0.111. The van der Waals surface area contributed by atoms with Gasteiger partial charge in [-0.25, -0.2) is 0 Å². The molecule has 4 rings (SSSR count). The van der Waals surface area contributed by atoms with Gasteiger partial charge in [-0.2, -0.15) is 0 Å². The Kier molecular flexibility index (Phi) is 7.30. The summed E-state index contributed by atoms with van der Waals surface area (Å²) in [5, 5.41) is 14.1. The highest BCUT2D eigenvalue weighted by atomic mass is 16.5.